The van der Waals surface area contributed by atoms with Gasteiger partial charge in [0.1, 0.15) is 10.6 Å². The molecule has 0 atom stereocenters. The highest BCUT2D eigenvalue weighted by atomic mass is 32.1. The fourth-order valence-corrected chi connectivity index (χ4v) is 3.46. The van der Waals surface area contributed by atoms with Crippen molar-refractivity contribution in [2.45, 2.75) is 6.42 Å². The standard InChI is InChI=1S/C17H13N5S/c18-14-13-10-12(9-11-5-2-1-3-6-11)23-17(13)22-16(21-14)15-19-7-4-8-20-15/h1-8,10H,9H2,(H2,18,21,22). The molecule has 3 aromatic heterocycles. The molecular formula is C17H13N5S. The minimum Gasteiger partial charge on any atom is -0.383 e. The van der Waals surface area contributed by atoms with E-state index in [1.165, 1.54) is 10.4 Å². The molecule has 5 nitrogen and oxygen atoms in total. The molecule has 0 amide bonds. The van der Waals surface area contributed by atoms with Crippen LogP contribution in [-0.2, 0) is 6.42 Å². The lowest BCUT2D eigenvalue weighted by Gasteiger charge is -2.00. The SMILES string of the molecule is Nc1nc(-c2ncccn2)nc2sc(Cc3ccccc3)cc12. The van der Waals surface area contributed by atoms with Crippen molar-refractivity contribution in [2.24, 2.45) is 0 Å². The van der Waals surface area contributed by atoms with Gasteiger partial charge in [0.25, 0.3) is 0 Å². The van der Waals surface area contributed by atoms with E-state index in [-0.39, 0.29) is 0 Å². The fraction of sp³-hybridized carbons (Fsp3) is 0.0588. The lowest BCUT2D eigenvalue weighted by atomic mass is 10.1. The monoisotopic (exact) mass is 319 g/mol. The van der Waals surface area contributed by atoms with Gasteiger partial charge in [0.2, 0.25) is 5.82 Å². The van der Waals surface area contributed by atoms with Crippen LogP contribution in [0.1, 0.15) is 10.4 Å². The Bertz CT molecular complexity index is 951. The van der Waals surface area contributed by atoms with Crippen molar-refractivity contribution in [1.29, 1.82) is 0 Å². The molecule has 0 radical (unpaired) electrons. The van der Waals surface area contributed by atoms with Crippen molar-refractivity contribution >= 4 is 27.4 Å². The normalized spacial score (nSPS) is 11.0. The number of hydrogen-bond donors (Lipinski definition) is 1. The largest absolute Gasteiger partial charge is 0.383 e. The van der Waals surface area contributed by atoms with E-state index in [0.717, 1.165) is 16.6 Å². The maximum Gasteiger partial charge on any atom is 0.201 e. The Morgan fingerprint density at radius 1 is 0.913 bits per heavy atom. The average molecular weight is 319 g/mol. The highest BCUT2D eigenvalue weighted by Gasteiger charge is 2.12. The molecule has 0 spiro atoms. The van der Waals surface area contributed by atoms with Crippen LogP contribution in [-0.4, -0.2) is 19.9 Å². The third-order valence-corrected chi connectivity index (χ3v) is 4.49. The van der Waals surface area contributed by atoms with E-state index in [0.29, 0.717) is 17.5 Å². The van der Waals surface area contributed by atoms with Gasteiger partial charge in [-0.2, -0.15) is 0 Å². The first-order valence-corrected chi connectivity index (χ1v) is 7.98. The van der Waals surface area contributed by atoms with Crippen LogP contribution in [0.3, 0.4) is 0 Å². The van der Waals surface area contributed by atoms with E-state index < -0.39 is 0 Å². The molecule has 2 N–H and O–H groups in total. The van der Waals surface area contributed by atoms with E-state index in [4.69, 9.17) is 5.73 Å². The Kier molecular flexibility index (Phi) is 3.44. The summed E-state index contributed by atoms with van der Waals surface area (Å²) in [6, 6.07) is 14.2. The first-order valence-electron chi connectivity index (χ1n) is 7.17. The highest BCUT2D eigenvalue weighted by Crippen LogP contribution is 2.30. The maximum atomic E-state index is 6.10. The van der Waals surface area contributed by atoms with E-state index >= 15 is 0 Å². The van der Waals surface area contributed by atoms with E-state index in [9.17, 15) is 0 Å². The third kappa shape index (κ3) is 2.76. The number of fused-ring (bicyclic) bond motifs is 1. The van der Waals surface area contributed by atoms with Crippen molar-refractivity contribution in [3.05, 3.63) is 65.3 Å². The molecule has 3 heterocycles. The van der Waals surface area contributed by atoms with Gasteiger partial charge in [-0.3, -0.25) is 0 Å². The van der Waals surface area contributed by atoms with Gasteiger partial charge < -0.3 is 5.73 Å². The minimum absolute atomic E-state index is 0.462. The predicted octanol–water partition coefficient (Wildman–Crippen LogP) is 3.32. The summed E-state index contributed by atoms with van der Waals surface area (Å²) < 4.78 is 0. The summed E-state index contributed by atoms with van der Waals surface area (Å²) in [7, 11) is 0. The van der Waals surface area contributed by atoms with Crippen LogP contribution in [0.4, 0.5) is 5.82 Å². The van der Waals surface area contributed by atoms with Gasteiger partial charge in [-0.1, -0.05) is 30.3 Å². The number of nitrogens with zero attached hydrogens (tertiary/aromatic N) is 4. The Labute approximate surface area is 136 Å². The molecule has 0 unspecified atom stereocenters. The van der Waals surface area contributed by atoms with Gasteiger partial charge in [-0.15, -0.1) is 11.3 Å². The van der Waals surface area contributed by atoms with E-state index in [1.807, 2.05) is 18.2 Å². The quantitative estimate of drug-likeness (QED) is 0.627. The van der Waals surface area contributed by atoms with Gasteiger partial charge in [0.15, 0.2) is 5.82 Å². The number of hydrogen-bond acceptors (Lipinski definition) is 6. The highest BCUT2D eigenvalue weighted by molar-refractivity contribution is 7.18. The molecule has 0 bridgehead atoms. The Hall–Kier alpha value is -2.86. The van der Waals surface area contributed by atoms with E-state index in [2.05, 4.69) is 38.1 Å². The minimum atomic E-state index is 0.462. The second-order valence-corrected chi connectivity index (χ2v) is 6.21. The van der Waals surface area contributed by atoms with Gasteiger partial charge in [-0.25, -0.2) is 19.9 Å². The number of anilines is 1. The topological polar surface area (TPSA) is 77.6 Å². The first-order chi connectivity index (χ1) is 11.3. The average Bonchev–Trinajstić information content (AvgIpc) is 2.99. The van der Waals surface area contributed by atoms with Crippen molar-refractivity contribution in [1.82, 2.24) is 19.9 Å². The van der Waals surface area contributed by atoms with Crippen LogP contribution in [0.5, 0.6) is 0 Å². The molecule has 0 aliphatic rings. The van der Waals surface area contributed by atoms with Gasteiger partial charge in [0.05, 0.1) is 5.39 Å². The molecule has 0 aliphatic carbocycles. The maximum absolute atomic E-state index is 6.10. The Balaban J connectivity index is 1.75. The Morgan fingerprint density at radius 3 is 2.48 bits per heavy atom. The van der Waals surface area contributed by atoms with Crippen LogP contribution in [0, 0.1) is 0 Å². The molecule has 0 aliphatic heterocycles. The first kappa shape index (κ1) is 13.8. The second kappa shape index (κ2) is 5.73. The predicted molar refractivity (Wildman–Crippen MR) is 92.1 cm³/mol. The van der Waals surface area contributed by atoms with Crippen molar-refractivity contribution in [3.63, 3.8) is 0 Å². The second-order valence-electron chi connectivity index (χ2n) is 5.10. The summed E-state index contributed by atoms with van der Waals surface area (Å²) in [4.78, 5) is 19.4. The van der Waals surface area contributed by atoms with Crippen molar-refractivity contribution < 1.29 is 0 Å². The molecule has 1 aromatic carbocycles. The van der Waals surface area contributed by atoms with Crippen LogP contribution < -0.4 is 5.73 Å². The van der Waals surface area contributed by atoms with Crippen molar-refractivity contribution in [2.75, 3.05) is 5.73 Å². The summed E-state index contributed by atoms with van der Waals surface area (Å²) in [5, 5.41) is 0.889. The molecule has 0 saturated heterocycles. The Morgan fingerprint density at radius 2 is 1.70 bits per heavy atom. The summed E-state index contributed by atoms with van der Waals surface area (Å²) in [5.74, 6) is 1.41. The molecular weight excluding hydrogens is 306 g/mol. The number of thiophene rings is 1. The zero-order valence-electron chi connectivity index (χ0n) is 12.2. The van der Waals surface area contributed by atoms with Crippen LogP contribution in [0.15, 0.2) is 54.9 Å². The lowest BCUT2D eigenvalue weighted by molar-refractivity contribution is 1.10. The van der Waals surface area contributed by atoms with Crippen LogP contribution in [0.25, 0.3) is 21.9 Å². The fourth-order valence-electron chi connectivity index (χ4n) is 2.39. The molecule has 0 fully saturated rings. The number of rotatable bonds is 3. The van der Waals surface area contributed by atoms with Crippen molar-refractivity contribution in [3.8, 4) is 11.6 Å². The summed E-state index contributed by atoms with van der Waals surface area (Å²) in [6.07, 6.45) is 4.20. The van der Waals surface area contributed by atoms with Crippen LogP contribution >= 0.6 is 11.3 Å². The smallest absolute Gasteiger partial charge is 0.201 e. The third-order valence-electron chi connectivity index (χ3n) is 3.46. The summed E-state index contributed by atoms with van der Waals surface area (Å²) in [5.41, 5.74) is 7.36. The molecule has 0 saturated carbocycles. The summed E-state index contributed by atoms with van der Waals surface area (Å²) >= 11 is 1.63. The summed E-state index contributed by atoms with van der Waals surface area (Å²) in [6.45, 7) is 0. The molecule has 4 aromatic rings. The molecule has 23 heavy (non-hydrogen) atoms. The number of aromatic nitrogens is 4. The lowest BCUT2D eigenvalue weighted by Crippen LogP contribution is -1.98. The van der Waals surface area contributed by atoms with Gasteiger partial charge in [-0.05, 0) is 17.7 Å². The van der Waals surface area contributed by atoms with Gasteiger partial charge in [0, 0.05) is 23.7 Å². The van der Waals surface area contributed by atoms with E-state index in [1.54, 1.807) is 29.8 Å². The zero-order chi connectivity index (χ0) is 15.6. The number of benzene rings is 1. The molecule has 4 rings (SSSR count). The number of nitrogen functional groups attached to an aromatic ring is 1. The molecule has 112 valence electrons. The number of nitrogens with two attached hydrogens (primary N) is 1. The molecule has 6 heteroatoms. The van der Waals surface area contributed by atoms with Gasteiger partial charge >= 0.3 is 0 Å². The zero-order valence-corrected chi connectivity index (χ0v) is 13.0. The van der Waals surface area contributed by atoms with Crippen LogP contribution in [0.2, 0.25) is 0 Å².